The van der Waals surface area contributed by atoms with Crippen molar-refractivity contribution in [3.05, 3.63) is 35.4 Å². The number of hydrogen-bond acceptors (Lipinski definition) is 3. The van der Waals surface area contributed by atoms with E-state index in [0.29, 0.717) is 12.5 Å². The molecule has 2 heterocycles. The molecule has 0 spiro atoms. The molecule has 2 fully saturated rings. The Morgan fingerprint density at radius 3 is 2.77 bits per heavy atom. The van der Waals surface area contributed by atoms with Gasteiger partial charge in [0.25, 0.3) is 5.91 Å². The quantitative estimate of drug-likeness (QED) is 0.821. The number of aryl methyl sites for hydroxylation is 1. The van der Waals surface area contributed by atoms with Gasteiger partial charge in [0.2, 0.25) is 0 Å². The van der Waals surface area contributed by atoms with Crippen LogP contribution in [0.15, 0.2) is 29.3 Å². The second kappa shape index (κ2) is 5.32. The Kier molecular flexibility index (Phi) is 3.48. The maximum Gasteiger partial charge on any atom is 0.325 e. The van der Waals surface area contributed by atoms with Gasteiger partial charge in [0.1, 0.15) is 6.17 Å². The first-order valence-electron chi connectivity index (χ1n) is 7.14. The van der Waals surface area contributed by atoms with E-state index in [9.17, 15) is 9.59 Å². The molecule has 2 atom stereocenters. The summed E-state index contributed by atoms with van der Waals surface area (Å²) in [5.74, 6) is 0.320. The summed E-state index contributed by atoms with van der Waals surface area (Å²) in [5, 5.41) is 5.54. The SMILES string of the molecule is CN=C1NC2C(C(=O)NC(=O)N2C)N1Cc1cccc(C)c1. The van der Waals surface area contributed by atoms with Gasteiger partial charge in [-0.3, -0.25) is 15.1 Å². The second-order valence-electron chi connectivity index (χ2n) is 5.60. The van der Waals surface area contributed by atoms with Crippen molar-refractivity contribution in [2.75, 3.05) is 14.1 Å². The Morgan fingerprint density at radius 2 is 2.09 bits per heavy atom. The van der Waals surface area contributed by atoms with Crippen molar-refractivity contribution in [2.24, 2.45) is 4.99 Å². The van der Waals surface area contributed by atoms with Gasteiger partial charge in [-0.25, -0.2) is 4.79 Å². The maximum absolute atomic E-state index is 12.3. The number of nitrogens with zero attached hydrogens (tertiary/aromatic N) is 3. The van der Waals surface area contributed by atoms with E-state index < -0.39 is 18.2 Å². The normalized spacial score (nSPS) is 26.0. The molecule has 2 aliphatic heterocycles. The standard InChI is InChI=1S/C15H19N5O2/c1-9-5-4-6-10(7-9)8-20-11-12(17-14(20)16-2)19(3)15(22)18-13(11)21/h4-7,11-12H,8H2,1-3H3,(H,16,17)(H,18,21,22). The van der Waals surface area contributed by atoms with Gasteiger partial charge < -0.3 is 15.1 Å². The number of likely N-dealkylation sites (N-methyl/N-ethyl adjacent to an activating group) is 1. The second-order valence-corrected chi connectivity index (χ2v) is 5.60. The summed E-state index contributed by atoms with van der Waals surface area (Å²) in [6, 6.07) is 7.24. The van der Waals surface area contributed by atoms with Gasteiger partial charge in [0, 0.05) is 20.6 Å². The van der Waals surface area contributed by atoms with Crippen LogP contribution in [-0.2, 0) is 11.3 Å². The van der Waals surface area contributed by atoms with Crippen molar-refractivity contribution in [1.82, 2.24) is 20.4 Å². The molecule has 0 bridgehead atoms. The minimum absolute atomic E-state index is 0.299. The Balaban J connectivity index is 1.92. The molecular weight excluding hydrogens is 282 g/mol. The van der Waals surface area contributed by atoms with Crippen LogP contribution in [0.1, 0.15) is 11.1 Å². The fourth-order valence-electron chi connectivity index (χ4n) is 2.96. The molecule has 1 aromatic carbocycles. The zero-order valence-corrected chi connectivity index (χ0v) is 12.8. The number of amides is 3. The summed E-state index contributed by atoms with van der Waals surface area (Å²) in [4.78, 5) is 31.6. The van der Waals surface area contributed by atoms with Gasteiger partial charge in [-0.2, -0.15) is 0 Å². The first-order valence-corrected chi connectivity index (χ1v) is 7.14. The van der Waals surface area contributed by atoms with E-state index in [1.807, 2.05) is 30.0 Å². The number of benzene rings is 1. The zero-order chi connectivity index (χ0) is 15.9. The minimum atomic E-state index is -0.484. The number of guanidine groups is 1. The highest BCUT2D eigenvalue weighted by atomic mass is 16.2. The molecule has 0 radical (unpaired) electrons. The summed E-state index contributed by atoms with van der Waals surface area (Å²) >= 11 is 0. The molecular formula is C15H19N5O2. The zero-order valence-electron chi connectivity index (χ0n) is 12.8. The third kappa shape index (κ3) is 2.28. The number of carbonyl (C=O) groups is 2. The van der Waals surface area contributed by atoms with Gasteiger partial charge in [0.05, 0.1) is 0 Å². The van der Waals surface area contributed by atoms with Crippen LogP contribution < -0.4 is 10.6 Å². The monoisotopic (exact) mass is 301 g/mol. The lowest BCUT2D eigenvalue weighted by Gasteiger charge is -2.35. The van der Waals surface area contributed by atoms with E-state index in [4.69, 9.17) is 0 Å². The number of fused-ring (bicyclic) bond motifs is 1. The van der Waals surface area contributed by atoms with Gasteiger partial charge in [-0.15, -0.1) is 0 Å². The Hall–Kier alpha value is -2.57. The van der Waals surface area contributed by atoms with Crippen molar-refractivity contribution >= 4 is 17.9 Å². The van der Waals surface area contributed by atoms with E-state index in [0.717, 1.165) is 11.1 Å². The van der Waals surface area contributed by atoms with Crippen LogP contribution in [-0.4, -0.2) is 54.0 Å². The molecule has 2 unspecified atom stereocenters. The number of hydrogen-bond donors (Lipinski definition) is 2. The Morgan fingerprint density at radius 1 is 1.32 bits per heavy atom. The molecule has 2 aliphatic rings. The van der Waals surface area contributed by atoms with Gasteiger partial charge in [-0.1, -0.05) is 29.8 Å². The van der Waals surface area contributed by atoms with Crippen LogP contribution in [0.5, 0.6) is 0 Å². The van der Waals surface area contributed by atoms with Crippen LogP contribution in [0.25, 0.3) is 0 Å². The van der Waals surface area contributed by atoms with E-state index in [2.05, 4.69) is 21.7 Å². The summed E-state index contributed by atoms with van der Waals surface area (Å²) < 4.78 is 0. The molecule has 0 aromatic heterocycles. The third-order valence-electron chi connectivity index (χ3n) is 4.07. The lowest BCUT2D eigenvalue weighted by molar-refractivity contribution is -0.127. The number of nitrogens with one attached hydrogen (secondary N) is 2. The summed E-state index contributed by atoms with van der Waals surface area (Å²) in [6.07, 6.45) is -0.398. The average Bonchev–Trinajstić information content (AvgIpc) is 2.84. The van der Waals surface area contributed by atoms with Crippen LogP contribution in [0, 0.1) is 6.92 Å². The molecule has 3 rings (SSSR count). The first kappa shape index (κ1) is 14.4. The predicted octanol–water partition coefficient (Wildman–Crippen LogP) is 0.262. The molecule has 7 heteroatoms. The van der Waals surface area contributed by atoms with Crippen LogP contribution in [0.4, 0.5) is 4.79 Å². The Bertz CT molecular complexity index is 657. The predicted molar refractivity (Wildman–Crippen MR) is 82.1 cm³/mol. The number of urea groups is 1. The highest BCUT2D eigenvalue weighted by molar-refractivity contribution is 6.04. The lowest BCUT2D eigenvalue weighted by atomic mass is 10.1. The molecule has 0 saturated carbocycles. The molecule has 2 N–H and O–H groups in total. The Labute approximate surface area is 129 Å². The van der Waals surface area contributed by atoms with Crippen molar-refractivity contribution < 1.29 is 9.59 Å². The van der Waals surface area contributed by atoms with Gasteiger partial charge >= 0.3 is 6.03 Å². The number of carbonyl (C=O) groups excluding carboxylic acids is 2. The first-order chi connectivity index (χ1) is 10.5. The van der Waals surface area contributed by atoms with Crippen LogP contribution in [0.2, 0.25) is 0 Å². The van der Waals surface area contributed by atoms with Crippen molar-refractivity contribution in [3.8, 4) is 0 Å². The number of imide groups is 1. The highest BCUT2D eigenvalue weighted by Crippen LogP contribution is 2.22. The molecule has 3 amide bonds. The molecule has 2 saturated heterocycles. The van der Waals surface area contributed by atoms with Crippen molar-refractivity contribution in [3.63, 3.8) is 0 Å². The fraction of sp³-hybridized carbons (Fsp3) is 0.400. The molecule has 0 aliphatic carbocycles. The van der Waals surface area contributed by atoms with Gasteiger partial charge in [0.15, 0.2) is 12.0 Å². The topological polar surface area (TPSA) is 77.0 Å². The average molecular weight is 301 g/mol. The molecule has 7 nitrogen and oxygen atoms in total. The summed E-state index contributed by atoms with van der Waals surface area (Å²) in [6.45, 7) is 2.58. The molecule has 116 valence electrons. The summed E-state index contributed by atoms with van der Waals surface area (Å²) in [7, 11) is 3.33. The van der Waals surface area contributed by atoms with E-state index >= 15 is 0 Å². The van der Waals surface area contributed by atoms with Crippen LogP contribution >= 0.6 is 0 Å². The lowest BCUT2D eigenvalue weighted by Crippen LogP contribution is -2.64. The van der Waals surface area contributed by atoms with E-state index in [-0.39, 0.29) is 5.91 Å². The summed E-state index contributed by atoms with van der Waals surface area (Å²) in [5.41, 5.74) is 2.26. The van der Waals surface area contributed by atoms with E-state index in [1.165, 1.54) is 4.90 Å². The molecule has 1 aromatic rings. The fourth-order valence-corrected chi connectivity index (χ4v) is 2.96. The number of rotatable bonds is 2. The highest BCUT2D eigenvalue weighted by Gasteiger charge is 2.49. The van der Waals surface area contributed by atoms with E-state index in [1.54, 1.807) is 14.1 Å². The number of aliphatic imine (C=N–C) groups is 1. The van der Waals surface area contributed by atoms with Crippen molar-refractivity contribution in [1.29, 1.82) is 0 Å². The smallest absolute Gasteiger partial charge is 0.325 e. The third-order valence-corrected chi connectivity index (χ3v) is 4.07. The maximum atomic E-state index is 12.3. The van der Waals surface area contributed by atoms with Gasteiger partial charge in [-0.05, 0) is 12.5 Å². The van der Waals surface area contributed by atoms with Crippen LogP contribution in [0.3, 0.4) is 0 Å². The largest absolute Gasteiger partial charge is 0.334 e. The molecule has 22 heavy (non-hydrogen) atoms. The minimum Gasteiger partial charge on any atom is -0.334 e. The van der Waals surface area contributed by atoms with Crippen molar-refractivity contribution in [2.45, 2.75) is 25.7 Å².